The number of nitrogens with one attached hydrogen (secondary N) is 1. The molecule has 0 bridgehead atoms. The summed E-state index contributed by atoms with van der Waals surface area (Å²) in [6.07, 6.45) is 4.34. The third kappa shape index (κ3) is 3.76. The number of rotatable bonds is 3. The van der Waals surface area contributed by atoms with Crippen molar-refractivity contribution in [1.82, 2.24) is 5.32 Å². The van der Waals surface area contributed by atoms with Gasteiger partial charge in [0.25, 0.3) is 0 Å². The van der Waals surface area contributed by atoms with Crippen LogP contribution in [0.4, 0.5) is 0 Å². The van der Waals surface area contributed by atoms with E-state index in [9.17, 15) is 8.42 Å². The van der Waals surface area contributed by atoms with Crippen LogP contribution in [0.5, 0.6) is 0 Å². The molecular formula is C11H23NO2S. The fourth-order valence-electron chi connectivity index (χ4n) is 1.77. The number of hydrogen-bond acceptors (Lipinski definition) is 3. The second-order valence-electron chi connectivity index (χ2n) is 5.37. The first-order chi connectivity index (χ1) is 6.83. The van der Waals surface area contributed by atoms with Gasteiger partial charge in [-0.1, -0.05) is 6.42 Å². The maximum absolute atomic E-state index is 11.9. The average Bonchev–Trinajstić information content (AvgIpc) is 2.15. The van der Waals surface area contributed by atoms with Gasteiger partial charge in [0.1, 0.15) is 0 Å². The molecule has 0 saturated carbocycles. The van der Waals surface area contributed by atoms with Gasteiger partial charge in [-0.25, -0.2) is 8.42 Å². The van der Waals surface area contributed by atoms with Crippen LogP contribution in [0.25, 0.3) is 0 Å². The van der Waals surface area contributed by atoms with Gasteiger partial charge in [0.15, 0.2) is 9.84 Å². The maximum atomic E-state index is 11.9. The molecule has 4 heteroatoms. The number of piperidine rings is 1. The van der Waals surface area contributed by atoms with E-state index in [1.807, 2.05) is 0 Å². The Morgan fingerprint density at radius 2 is 1.93 bits per heavy atom. The molecule has 90 valence electrons. The Kier molecular flexibility index (Phi) is 4.18. The Labute approximate surface area is 93.6 Å². The molecule has 0 aromatic carbocycles. The van der Waals surface area contributed by atoms with Gasteiger partial charge in [0.2, 0.25) is 0 Å². The van der Waals surface area contributed by atoms with Crippen molar-refractivity contribution in [3.8, 4) is 0 Å². The van der Waals surface area contributed by atoms with Crippen LogP contribution in [-0.2, 0) is 9.84 Å². The minimum Gasteiger partial charge on any atom is -0.314 e. The molecule has 0 spiro atoms. The zero-order chi connectivity index (χ0) is 11.5. The van der Waals surface area contributed by atoms with E-state index in [4.69, 9.17) is 0 Å². The highest BCUT2D eigenvalue weighted by molar-refractivity contribution is 7.92. The van der Waals surface area contributed by atoms with E-state index in [2.05, 4.69) is 5.32 Å². The topological polar surface area (TPSA) is 46.2 Å². The largest absolute Gasteiger partial charge is 0.314 e. The Balaban J connectivity index is 2.42. The molecule has 0 aromatic heterocycles. The summed E-state index contributed by atoms with van der Waals surface area (Å²) in [5.74, 6) is 0.314. The highest BCUT2D eigenvalue weighted by Gasteiger charge is 2.29. The predicted molar refractivity (Wildman–Crippen MR) is 63.8 cm³/mol. The molecule has 0 aliphatic carbocycles. The van der Waals surface area contributed by atoms with Crippen LogP contribution in [0, 0.1) is 0 Å². The molecular weight excluding hydrogens is 210 g/mol. The first kappa shape index (κ1) is 13.0. The van der Waals surface area contributed by atoms with Crippen molar-refractivity contribution in [1.29, 1.82) is 0 Å². The van der Waals surface area contributed by atoms with Crippen LogP contribution >= 0.6 is 0 Å². The molecule has 1 aliphatic rings. The summed E-state index contributed by atoms with van der Waals surface area (Å²) in [6.45, 7) is 6.37. The molecule has 1 fully saturated rings. The molecule has 1 rings (SSSR count). The van der Waals surface area contributed by atoms with Crippen molar-refractivity contribution in [2.45, 2.75) is 57.2 Å². The van der Waals surface area contributed by atoms with Crippen LogP contribution in [0.15, 0.2) is 0 Å². The summed E-state index contributed by atoms with van der Waals surface area (Å²) in [5, 5.41) is 3.38. The average molecular weight is 233 g/mol. The van der Waals surface area contributed by atoms with Crippen LogP contribution in [0.2, 0.25) is 0 Å². The highest BCUT2D eigenvalue weighted by Crippen LogP contribution is 2.19. The normalized spacial score (nSPS) is 24.1. The first-order valence-electron chi connectivity index (χ1n) is 5.78. The zero-order valence-electron chi connectivity index (χ0n) is 10.0. The van der Waals surface area contributed by atoms with E-state index in [1.54, 1.807) is 20.8 Å². The van der Waals surface area contributed by atoms with Crippen LogP contribution in [0.3, 0.4) is 0 Å². The van der Waals surface area contributed by atoms with Crippen molar-refractivity contribution in [3.63, 3.8) is 0 Å². The Hall–Kier alpha value is -0.0900. The molecule has 1 unspecified atom stereocenters. The second-order valence-corrected chi connectivity index (χ2v) is 8.23. The third-order valence-corrected chi connectivity index (χ3v) is 5.72. The lowest BCUT2D eigenvalue weighted by Gasteiger charge is -2.25. The first-order valence-corrected chi connectivity index (χ1v) is 7.44. The van der Waals surface area contributed by atoms with Gasteiger partial charge in [-0.05, 0) is 46.6 Å². The van der Waals surface area contributed by atoms with E-state index in [1.165, 1.54) is 12.8 Å². The molecule has 1 heterocycles. The van der Waals surface area contributed by atoms with Gasteiger partial charge >= 0.3 is 0 Å². The van der Waals surface area contributed by atoms with E-state index >= 15 is 0 Å². The van der Waals surface area contributed by atoms with Crippen molar-refractivity contribution >= 4 is 9.84 Å². The number of hydrogen-bond donors (Lipinski definition) is 1. The van der Waals surface area contributed by atoms with E-state index < -0.39 is 14.6 Å². The Morgan fingerprint density at radius 1 is 1.27 bits per heavy atom. The molecule has 3 nitrogen and oxygen atoms in total. The fraction of sp³-hybridized carbons (Fsp3) is 1.00. The van der Waals surface area contributed by atoms with Gasteiger partial charge in [-0.3, -0.25) is 0 Å². The lowest BCUT2D eigenvalue weighted by molar-refractivity contribution is 0.392. The van der Waals surface area contributed by atoms with Crippen molar-refractivity contribution in [3.05, 3.63) is 0 Å². The second kappa shape index (κ2) is 4.83. The van der Waals surface area contributed by atoms with E-state index in [-0.39, 0.29) is 0 Å². The molecule has 0 amide bonds. The molecule has 1 atom stereocenters. The summed E-state index contributed by atoms with van der Waals surface area (Å²) in [7, 11) is -2.94. The van der Waals surface area contributed by atoms with E-state index in [0.29, 0.717) is 11.8 Å². The summed E-state index contributed by atoms with van der Waals surface area (Å²) in [6, 6.07) is 0.413. The standard InChI is InChI=1S/C11H23NO2S/c1-11(2,3)15(13,14)9-7-10-6-4-5-8-12-10/h10,12H,4-9H2,1-3H3. The highest BCUT2D eigenvalue weighted by atomic mass is 32.2. The Bertz CT molecular complexity index is 284. The van der Waals surface area contributed by atoms with Crippen molar-refractivity contribution < 1.29 is 8.42 Å². The summed E-state index contributed by atoms with van der Waals surface area (Å²) in [5.41, 5.74) is 0. The molecule has 1 aliphatic heterocycles. The summed E-state index contributed by atoms with van der Waals surface area (Å²) in [4.78, 5) is 0. The van der Waals surface area contributed by atoms with Gasteiger partial charge in [-0.15, -0.1) is 0 Å². The van der Waals surface area contributed by atoms with Gasteiger partial charge in [-0.2, -0.15) is 0 Å². The minimum absolute atomic E-state index is 0.314. The van der Waals surface area contributed by atoms with Crippen LogP contribution in [-0.4, -0.2) is 31.5 Å². The third-order valence-electron chi connectivity index (χ3n) is 3.08. The van der Waals surface area contributed by atoms with Crippen molar-refractivity contribution in [2.75, 3.05) is 12.3 Å². The van der Waals surface area contributed by atoms with Gasteiger partial charge in [0.05, 0.1) is 10.5 Å². The summed E-state index contributed by atoms with van der Waals surface area (Å²) < 4.78 is 23.1. The summed E-state index contributed by atoms with van der Waals surface area (Å²) >= 11 is 0. The van der Waals surface area contributed by atoms with Gasteiger partial charge in [0, 0.05) is 6.04 Å². The SMILES string of the molecule is CC(C)(C)S(=O)(=O)CCC1CCCCN1. The van der Waals surface area contributed by atoms with Crippen LogP contribution < -0.4 is 5.32 Å². The monoisotopic (exact) mass is 233 g/mol. The van der Waals surface area contributed by atoms with Gasteiger partial charge < -0.3 is 5.32 Å². The lowest BCUT2D eigenvalue weighted by Crippen LogP contribution is -2.38. The van der Waals surface area contributed by atoms with Crippen molar-refractivity contribution in [2.24, 2.45) is 0 Å². The number of sulfone groups is 1. The smallest absolute Gasteiger partial charge is 0.155 e. The molecule has 1 saturated heterocycles. The minimum atomic E-state index is -2.94. The Morgan fingerprint density at radius 3 is 2.40 bits per heavy atom. The van der Waals surface area contributed by atoms with Crippen LogP contribution in [0.1, 0.15) is 46.5 Å². The molecule has 1 N–H and O–H groups in total. The zero-order valence-corrected chi connectivity index (χ0v) is 10.9. The predicted octanol–water partition coefficient (Wildman–Crippen LogP) is 1.73. The molecule has 0 radical (unpaired) electrons. The maximum Gasteiger partial charge on any atom is 0.155 e. The fourth-order valence-corrected chi connectivity index (χ4v) is 2.98. The van der Waals surface area contributed by atoms with E-state index in [0.717, 1.165) is 19.4 Å². The lowest BCUT2D eigenvalue weighted by atomic mass is 10.0. The quantitative estimate of drug-likeness (QED) is 0.807. The molecule has 0 aromatic rings. The molecule has 15 heavy (non-hydrogen) atoms.